The van der Waals surface area contributed by atoms with Crippen LogP contribution in [0.4, 0.5) is 35.1 Å². The molecule has 0 bridgehead atoms. The van der Waals surface area contributed by atoms with Gasteiger partial charge in [-0.05, 0) is 170 Å². The second-order valence-corrected chi connectivity index (χ2v) is 21.3. The molecule has 508 valence electrons. The van der Waals surface area contributed by atoms with Crippen LogP contribution < -0.4 is 11.1 Å². The number of hydrogen-bond acceptors (Lipinski definition) is 10. The van der Waals surface area contributed by atoms with Crippen molar-refractivity contribution < 1.29 is 105 Å². The van der Waals surface area contributed by atoms with Crippen LogP contribution in [-0.4, -0.2) is 103 Å². The van der Waals surface area contributed by atoms with Gasteiger partial charge in [0.2, 0.25) is 11.8 Å². The molecule has 10 rings (SSSR count). The van der Waals surface area contributed by atoms with Crippen molar-refractivity contribution >= 4 is 35.3 Å². The molecule has 0 saturated heterocycles. The van der Waals surface area contributed by atoms with Gasteiger partial charge in [-0.25, -0.2) is 8.78 Å². The van der Waals surface area contributed by atoms with Crippen LogP contribution in [0.5, 0.6) is 0 Å². The number of fused-ring (bicyclic) bond motifs is 2. The minimum atomic E-state index is -5.28. The van der Waals surface area contributed by atoms with Gasteiger partial charge in [0.05, 0.1) is 46.8 Å². The average molecular weight is 1410 g/mol. The topological polar surface area (TPSA) is 117 Å². The van der Waals surface area contributed by atoms with Gasteiger partial charge in [0.15, 0.2) is 10.3 Å². The van der Waals surface area contributed by atoms with E-state index in [4.69, 9.17) is 54.8 Å². The Bertz CT molecular complexity index is 6360. The minimum absolute atomic E-state index is 0.00137. The highest BCUT2D eigenvalue weighted by atomic mass is 32.2. The Labute approximate surface area is 625 Å². The molecule has 2 heterocycles. The Hall–Kier alpha value is -7.92. The van der Waals surface area contributed by atoms with Gasteiger partial charge < -0.3 is 28.7 Å². The van der Waals surface area contributed by atoms with Gasteiger partial charge in [-0.2, -0.15) is 36.3 Å². The Kier molecular flexibility index (Phi) is 11.7. The summed E-state index contributed by atoms with van der Waals surface area (Å²) in [6, 6.07) is -28.5. The van der Waals surface area contributed by atoms with E-state index in [0.717, 1.165) is 46.1 Å². The Balaban J connectivity index is 0.000000314. The fourth-order valence-corrected chi connectivity index (χ4v) is 10.3. The molecule has 2 amide bonds. The van der Waals surface area contributed by atoms with Crippen molar-refractivity contribution in [2.24, 2.45) is 0 Å². The minimum Gasteiger partial charge on any atom is -0.336 e. The molecule has 96 heavy (non-hydrogen) atoms. The summed E-state index contributed by atoms with van der Waals surface area (Å²) in [6.07, 6.45) is -21.2. The highest BCUT2D eigenvalue weighted by Crippen LogP contribution is 2.37. The smallest absolute Gasteiger partial charge is 0.336 e. The number of nitrogens with zero attached hydrogens (tertiary/aromatic N) is 8. The van der Waals surface area contributed by atoms with Crippen LogP contribution in [0.15, 0.2) is 153 Å². The maximum Gasteiger partial charge on any atom is 0.416 e. The second kappa shape index (κ2) is 32.9. The molecular formula is C74H80F8N8O4S2. The monoisotopic (exact) mass is 1400 g/mol. The molecule has 0 spiro atoms. The van der Waals surface area contributed by atoms with Gasteiger partial charge in [0.1, 0.15) is 24.7 Å². The highest BCUT2D eigenvalue weighted by Gasteiger charge is 2.34. The van der Waals surface area contributed by atoms with Crippen molar-refractivity contribution in [3.05, 3.63) is 232 Å². The molecule has 2 aromatic heterocycles. The van der Waals surface area contributed by atoms with Crippen LogP contribution in [0, 0.1) is 25.5 Å². The summed E-state index contributed by atoms with van der Waals surface area (Å²) >= 11 is -0.365. The quantitative estimate of drug-likeness (QED) is 0.0295. The summed E-state index contributed by atoms with van der Waals surface area (Å²) in [7, 11) is 0. The van der Waals surface area contributed by atoms with Crippen LogP contribution in [0.2, 0.25) is 0 Å². The SMILES string of the molecule is [2H]c1c([2H])c(C([2H])([2H])Sc2nc(=O)c3c(n2CC(=O)N(CCN(C([2H])([2H])C)C([2H])([2H])C)C([2H])([2H])c2c([2H])c([2H])c(-c4c([2H])c([2H])c(C(F)(F)F)c(C)c4[2H])c([2H])c2[2H])C([2H])([2H])C([2H])([2H])C3([2H])[2H])c([2H])c([2H])c1F.[2H]c1c([2H])c(C([2H])([2H])Sc2nc(=O)c3c(n2CC(=O)N(CCN(C([2H])([2H])C)C([2H])([2H])C)C([2H])([2H])c2c([2H])c([2H])c(-c4c([2H])c([2H])c(C(F)(F)F)c(C)c4[2H])c([2H])c2[2H])CCC3)c([2H])c([2H])c1F. The third-order valence-corrected chi connectivity index (χ3v) is 15.2. The van der Waals surface area contributed by atoms with Gasteiger partial charge in [0.25, 0.3) is 11.1 Å². The molecule has 0 radical (unpaired) electrons. The molecule has 0 aliphatic heterocycles. The zero-order valence-corrected chi connectivity index (χ0v) is 52.5. The first-order valence-corrected chi connectivity index (χ1v) is 29.7. The summed E-state index contributed by atoms with van der Waals surface area (Å²) in [4.78, 5) is 65.7. The van der Waals surface area contributed by atoms with E-state index < -0.39 is 377 Å². The molecule has 0 atom stereocenters. The first-order chi connectivity index (χ1) is 63.1. The number of carbonyl (C=O) groups excluding carboxylic acids is 2. The van der Waals surface area contributed by atoms with Gasteiger partial charge in [0, 0.05) is 97.8 Å². The van der Waals surface area contributed by atoms with E-state index in [1.54, 1.807) is 0 Å². The Morgan fingerprint density at radius 3 is 1.31 bits per heavy atom. The number of carbonyl (C=O) groups is 2. The van der Waals surface area contributed by atoms with E-state index in [2.05, 4.69) is 9.97 Å². The zero-order chi connectivity index (χ0) is 108. The average Bonchev–Trinajstić information content (AvgIpc) is 1.52. The predicted molar refractivity (Wildman–Crippen MR) is 363 cm³/mol. The maximum atomic E-state index is 15.1. The molecular weight excluding hydrogens is 1280 g/mol. The van der Waals surface area contributed by atoms with Crippen molar-refractivity contribution in [2.75, 3.05) is 52.2 Å². The van der Waals surface area contributed by atoms with Gasteiger partial charge in [-0.3, -0.25) is 19.2 Å². The maximum absolute atomic E-state index is 15.1. The normalized spacial score (nSPS) is 22.2. The Morgan fingerprint density at radius 1 is 0.521 bits per heavy atom. The first-order valence-electron chi connectivity index (χ1n) is 50.0. The molecule has 8 aromatic rings. The number of benzene rings is 6. The van der Waals surface area contributed by atoms with Crippen LogP contribution in [0.3, 0.4) is 0 Å². The summed E-state index contributed by atoms with van der Waals surface area (Å²) < 4.78 is 490. The zero-order valence-electron chi connectivity index (χ0n) is 94.9. The fraction of sp³-hybridized carbons (Fsp3) is 0.378. The van der Waals surface area contributed by atoms with Crippen LogP contribution in [-0.2, 0) is 85.0 Å². The molecule has 6 aromatic carbocycles. The number of likely N-dealkylation sites (N-methyl/N-ethyl adjacent to an activating group) is 2. The fourth-order valence-electron chi connectivity index (χ4n) is 8.94. The summed E-state index contributed by atoms with van der Waals surface area (Å²) in [5.41, 5.74) is -25.8. The van der Waals surface area contributed by atoms with Crippen LogP contribution >= 0.6 is 23.5 Å². The number of aromatic nitrogens is 4. The van der Waals surface area contributed by atoms with E-state index in [0.29, 0.717) is 21.1 Å². The van der Waals surface area contributed by atoms with Crippen molar-refractivity contribution in [2.45, 2.75) is 140 Å². The largest absolute Gasteiger partial charge is 0.416 e. The Morgan fingerprint density at radius 2 is 0.906 bits per heavy atom. The van der Waals surface area contributed by atoms with E-state index in [1.165, 1.54) is 0 Å². The van der Waals surface area contributed by atoms with Gasteiger partial charge >= 0.3 is 12.4 Å². The van der Waals surface area contributed by atoms with Crippen molar-refractivity contribution in [3.63, 3.8) is 0 Å². The van der Waals surface area contributed by atoms with Gasteiger partial charge in [-0.15, -0.1) is 0 Å². The lowest BCUT2D eigenvalue weighted by molar-refractivity contribution is -0.138. The third kappa shape index (κ3) is 18.8. The summed E-state index contributed by atoms with van der Waals surface area (Å²) in [5.74, 6) is -6.46. The molecule has 2 aliphatic rings. The molecule has 0 N–H and O–H groups in total. The molecule has 22 heteroatoms. The van der Waals surface area contributed by atoms with E-state index >= 15 is 4.79 Å². The number of thioether (sulfide) groups is 2. The van der Waals surface area contributed by atoms with E-state index in [1.807, 2.05) is 0 Å². The van der Waals surface area contributed by atoms with Crippen LogP contribution in [0.25, 0.3) is 22.3 Å². The second-order valence-electron chi connectivity index (χ2n) is 19.7. The number of halogens is 8. The third-order valence-electron chi connectivity index (χ3n) is 13.6. The molecule has 12 nitrogen and oxygen atoms in total. The molecule has 2 aliphatic carbocycles. The summed E-state index contributed by atoms with van der Waals surface area (Å²) in [5, 5.41) is -1.86. The lowest BCUT2D eigenvalue weighted by Gasteiger charge is -2.28. The van der Waals surface area contributed by atoms with Crippen molar-refractivity contribution in [1.82, 2.24) is 38.7 Å². The lowest BCUT2D eigenvalue weighted by Crippen LogP contribution is -2.40. The van der Waals surface area contributed by atoms with E-state index in [-0.39, 0.29) is 57.1 Å². The molecule has 0 saturated carbocycles. The number of alkyl halides is 6. The van der Waals surface area contributed by atoms with Crippen molar-refractivity contribution in [1.29, 1.82) is 0 Å². The number of hydrogen-bond donors (Lipinski definition) is 0. The molecule has 0 fully saturated rings. The lowest BCUT2D eigenvalue weighted by atomic mass is 9.98. The van der Waals surface area contributed by atoms with Crippen molar-refractivity contribution in [3.8, 4) is 22.3 Å². The summed E-state index contributed by atoms with van der Waals surface area (Å²) in [6.45, 7) is -19.5. The van der Waals surface area contributed by atoms with E-state index in [9.17, 15) is 55.0 Å². The first kappa shape index (κ1) is 34.0. The number of rotatable bonds is 26. The van der Waals surface area contributed by atoms with Crippen LogP contribution in [0.1, 0.15) is 168 Å². The van der Waals surface area contributed by atoms with Gasteiger partial charge in [-0.1, -0.05) is 148 Å². The number of amides is 2. The predicted octanol–water partition coefficient (Wildman–Crippen LogP) is 15.1. The standard InChI is InChI=1S/2C37H40F4N4O2S/c2*1-4-43(5-2)19-20-44(22-26-9-13-28(14-10-26)29-15-18-32(25(3)21-29)37(39,40)41)34(46)23-45-33-8-6-7-31(33)35(47)42-36(45)48-24-27-11-16-30(38)17-12-27/h2*9-18,21H,4-8,19-20,22-24H2,1-3H3/i4D2,5D2,6D2,7D2,8D2,9D,10D,11D,12D,13D,14D,15D,16D,17D,18D,21D,22D2,24D2;4D2,5D2,9D,10D,11D,12D,13D,14D,15D,16D,17D,18D,21D,22D2,24D2. The molecule has 0 unspecified atom stereocenters. The highest BCUT2D eigenvalue weighted by molar-refractivity contribution is 7.98.